The Kier molecular flexibility index (Phi) is 6.12. The van der Waals surface area contributed by atoms with E-state index in [1.165, 1.54) is 0 Å². The molecule has 0 aromatic carbocycles. The van der Waals surface area contributed by atoms with Gasteiger partial charge in [0.05, 0.1) is 13.2 Å². The van der Waals surface area contributed by atoms with Gasteiger partial charge in [-0.3, -0.25) is 9.59 Å². The molecule has 1 N–H and O–H groups in total. The van der Waals surface area contributed by atoms with Crippen molar-refractivity contribution in [1.82, 2.24) is 10.2 Å². The van der Waals surface area contributed by atoms with Gasteiger partial charge in [-0.2, -0.15) is 0 Å². The van der Waals surface area contributed by atoms with Crippen LogP contribution in [0.2, 0.25) is 0 Å². The van der Waals surface area contributed by atoms with Gasteiger partial charge in [-0.25, -0.2) is 0 Å². The van der Waals surface area contributed by atoms with E-state index in [4.69, 9.17) is 4.74 Å². The largest absolute Gasteiger partial charge is 0.378 e. The van der Waals surface area contributed by atoms with Gasteiger partial charge in [0.2, 0.25) is 11.8 Å². The Hall–Kier alpha value is -1.10. The minimum Gasteiger partial charge on any atom is -0.378 e. The molecule has 1 saturated heterocycles. The molecule has 1 aliphatic rings. The summed E-state index contributed by atoms with van der Waals surface area (Å²) in [6, 6.07) is -0.442. The number of hydrogen-bond donors (Lipinski definition) is 1. The van der Waals surface area contributed by atoms with Crippen molar-refractivity contribution in [3.8, 4) is 0 Å². The fourth-order valence-electron chi connectivity index (χ4n) is 1.85. The Balaban J connectivity index is 2.32. The normalized spacial score (nSPS) is 17.7. The van der Waals surface area contributed by atoms with Crippen molar-refractivity contribution in [3.05, 3.63) is 0 Å². The van der Waals surface area contributed by atoms with Crippen LogP contribution in [-0.4, -0.2) is 49.1 Å². The summed E-state index contributed by atoms with van der Waals surface area (Å²) in [6.45, 7) is 8.30. The summed E-state index contributed by atoms with van der Waals surface area (Å²) in [6.07, 6.45) is 1.34. The molecule has 0 saturated carbocycles. The fourth-order valence-corrected chi connectivity index (χ4v) is 1.85. The van der Waals surface area contributed by atoms with E-state index < -0.39 is 6.04 Å². The van der Waals surface area contributed by atoms with Crippen LogP contribution in [0, 0.1) is 5.92 Å². The molecule has 18 heavy (non-hydrogen) atoms. The number of nitrogens with zero attached hydrogens (tertiary/aromatic N) is 1. The summed E-state index contributed by atoms with van der Waals surface area (Å²) in [5, 5.41) is 2.76. The number of ether oxygens (including phenoxy) is 1. The van der Waals surface area contributed by atoms with Crippen LogP contribution >= 0.6 is 0 Å². The van der Waals surface area contributed by atoms with Crippen LogP contribution in [0.3, 0.4) is 0 Å². The van der Waals surface area contributed by atoms with E-state index in [9.17, 15) is 9.59 Å². The zero-order chi connectivity index (χ0) is 13.5. The van der Waals surface area contributed by atoms with Crippen molar-refractivity contribution in [1.29, 1.82) is 0 Å². The smallest absolute Gasteiger partial charge is 0.245 e. The standard InChI is InChI=1S/C13H24N2O3/c1-10(2)4-5-12(16)14-11(3)13(17)15-6-8-18-9-7-15/h10-11H,4-9H2,1-3H3,(H,14,16)/t11-/m0/s1. The van der Waals surface area contributed by atoms with Crippen LogP contribution in [0.4, 0.5) is 0 Å². The second kappa shape index (κ2) is 7.36. The van der Waals surface area contributed by atoms with Crippen LogP contribution in [-0.2, 0) is 14.3 Å². The molecule has 0 unspecified atom stereocenters. The summed E-state index contributed by atoms with van der Waals surface area (Å²) in [5.74, 6) is 0.440. The predicted molar refractivity (Wildman–Crippen MR) is 69.1 cm³/mol. The van der Waals surface area contributed by atoms with Crippen molar-refractivity contribution in [3.63, 3.8) is 0 Å². The molecule has 0 radical (unpaired) electrons. The maximum absolute atomic E-state index is 12.0. The summed E-state index contributed by atoms with van der Waals surface area (Å²) in [4.78, 5) is 25.4. The minimum absolute atomic E-state index is 0.0174. The molecule has 1 atom stereocenters. The zero-order valence-electron chi connectivity index (χ0n) is 11.6. The van der Waals surface area contributed by atoms with Gasteiger partial charge < -0.3 is 15.0 Å². The molecule has 104 valence electrons. The van der Waals surface area contributed by atoms with Gasteiger partial charge in [-0.05, 0) is 19.3 Å². The van der Waals surface area contributed by atoms with Crippen LogP contribution in [0.25, 0.3) is 0 Å². The van der Waals surface area contributed by atoms with Crippen molar-refractivity contribution >= 4 is 11.8 Å². The SMILES string of the molecule is CC(C)CCC(=O)N[C@@H](C)C(=O)N1CCOCC1. The third-order valence-electron chi connectivity index (χ3n) is 3.02. The van der Waals surface area contributed by atoms with Crippen LogP contribution < -0.4 is 5.32 Å². The van der Waals surface area contributed by atoms with Gasteiger partial charge in [0, 0.05) is 19.5 Å². The van der Waals surface area contributed by atoms with Crippen molar-refractivity contribution < 1.29 is 14.3 Å². The van der Waals surface area contributed by atoms with Crippen LogP contribution in [0.1, 0.15) is 33.6 Å². The third-order valence-corrected chi connectivity index (χ3v) is 3.02. The highest BCUT2D eigenvalue weighted by molar-refractivity contribution is 5.87. The molecule has 1 fully saturated rings. The summed E-state index contributed by atoms with van der Waals surface area (Å²) in [5.41, 5.74) is 0. The highest BCUT2D eigenvalue weighted by Crippen LogP contribution is 2.04. The molecule has 1 aliphatic heterocycles. The number of carbonyl (C=O) groups is 2. The number of hydrogen-bond acceptors (Lipinski definition) is 3. The Morgan fingerprint density at radius 1 is 1.22 bits per heavy atom. The Labute approximate surface area is 109 Å². The van der Waals surface area contributed by atoms with Gasteiger partial charge in [-0.1, -0.05) is 13.8 Å². The minimum atomic E-state index is -0.442. The fraction of sp³-hybridized carbons (Fsp3) is 0.846. The molecule has 1 rings (SSSR count). The molecule has 0 spiro atoms. The first-order valence-electron chi connectivity index (χ1n) is 6.66. The maximum Gasteiger partial charge on any atom is 0.245 e. The van der Waals surface area contributed by atoms with Gasteiger partial charge in [-0.15, -0.1) is 0 Å². The predicted octanol–water partition coefficient (Wildman–Crippen LogP) is 0.786. The van der Waals surface area contributed by atoms with Crippen molar-refractivity contribution in [2.24, 2.45) is 5.92 Å². The lowest BCUT2D eigenvalue weighted by atomic mass is 10.1. The number of carbonyl (C=O) groups excluding carboxylic acids is 2. The van der Waals surface area contributed by atoms with Crippen LogP contribution in [0.5, 0.6) is 0 Å². The van der Waals surface area contributed by atoms with Crippen LogP contribution in [0.15, 0.2) is 0 Å². The lowest BCUT2D eigenvalue weighted by molar-refractivity contribution is -0.139. The van der Waals surface area contributed by atoms with E-state index in [0.717, 1.165) is 6.42 Å². The highest BCUT2D eigenvalue weighted by Gasteiger charge is 2.23. The van der Waals surface area contributed by atoms with E-state index in [0.29, 0.717) is 38.6 Å². The molecule has 2 amide bonds. The number of morpholine rings is 1. The van der Waals surface area contributed by atoms with Crippen molar-refractivity contribution in [2.75, 3.05) is 26.3 Å². The Morgan fingerprint density at radius 2 is 1.83 bits per heavy atom. The highest BCUT2D eigenvalue weighted by atomic mass is 16.5. The average Bonchev–Trinajstić information content (AvgIpc) is 2.36. The van der Waals surface area contributed by atoms with Gasteiger partial charge >= 0.3 is 0 Å². The molecule has 5 nitrogen and oxygen atoms in total. The molecule has 1 heterocycles. The zero-order valence-corrected chi connectivity index (χ0v) is 11.6. The molecule has 0 aromatic rings. The van der Waals surface area contributed by atoms with E-state index in [1.54, 1.807) is 11.8 Å². The van der Waals surface area contributed by atoms with E-state index in [1.807, 2.05) is 0 Å². The Morgan fingerprint density at radius 3 is 2.39 bits per heavy atom. The molecule has 0 bridgehead atoms. The third kappa shape index (κ3) is 5.04. The first-order valence-corrected chi connectivity index (χ1v) is 6.66. The first kappa shape index (κ1) is 15.0. The monoisotopic (exact) mass is 256 g/mol. The van der Waals surface area contributed by atoms with Crippen molar-refractivity contribution in [2.45, 2.75) is 39.7 Å². The molecule has 5 heteroatoms. The quantitative estimate of drug-likeness (QED) is 0.791. The molecule has 0 aromatic heterocycles. The topological polar surface area (TPSA) is 58.6 Å². The Bertz CT molecular complexity index is 286. The second-order valence-electron chi connectivity index (χ2n) is 5.16. The molecular formula is C13H24N2O3. The summed E-state index contributed by atoms with van der Waals surface area (Å²) in [7, 11) is 0. The molecule has 0 aliphatic carbocycles. The summed E-state index contributed by atoms with van der Waals surface area (Å²) >= 11 is 0. The number of nitrogens with one attached hydrogen (secondary N) is 1. The van der Waals surface area contributed by atoms with E-state index in [2.05, 4.69) is 19.2 Å². The number of amides is 2. The van der Waals surface area contributed by atoms with E-state index in [-0.39, 0.29) is 11.8 Å². The average molecular weight is 256 g/mol. The van der Waals surface area contributed by atoms with E-state index >= 15 is 0 Å². The second-order valence-corrected chi connectivity index (χ2v) is 5.16. The number of rotatable bonds is 5. The lowest BCUT2D eigenvalue weighted by Crippen LogP contribution is -2.50. The van der Waals surface area contributed by atoms with Gasteiger partial charge in [0.15, 0.2) is 0 Å². The molecular weight excluding hydrogens is 232 g/mol. The first-order chi connectivity index (χ1) is 8.50. The lowest BCUT2D eigenvalue weighted by Gasteiger charge is -2.29. The summed E-state index contributed by atoms with van der Waals surface area (Å²) < 4.78 is 5.19. The maximum atomic E-state index is 12.0. The van der Waals surface area contributed by atoms with Gasteiger partial charge in [0.25, 0.3) is 0 Å². The van der Waals surface area contributed by atoms with Gasteiger partial charge in [0.1, 0.15) is 6.04 Å².